The summed E-state index contributed by atoms with van der Waals surface area (Å²) in [4.78, 5) is 16.1. The van der Waals surface area contributed by atoms with Gasteiger partial charge in [-0.3, -0.25) is 0 Å². The van der Waals surface area contributed by atoms with E-state index in [4.69, 9.17) is 11.6 Å². The van der Waals surface area contributed by atoms with E-state index in [9.17, 15) is 9.90 Å². The van der Waals surface area contributed by atoms with Crippen molar-refractivity contribution in [2.75, 3.05) is 10.6 Å². The maximum atomic E-state index is 12.1. The van der Waals surface area contributed by atoms with Crippen molar-refractivity contribution in [3.8, 4) is 5.88 Å². The summed E-state index contributed by atoms with van der Waals surface area (Å²) >= 11 is 7.38. The summed E-state index contributed by atoms with van der Waals surface area (Å²) in [7, 11) is 0. The first-order chi connectivity index (χ1) is 10.5. The Morgan fingerprint density at radius 1 is 1.32 bits per heavy atom. The third kappa shape index (κ3) is 2.84. The third-order valence-corrected chi connectivity index (χ3v) is 4.34. The molecule has 3 aromatic rings. The summed E-state index contributed by atoms with van der Waals surface area (Å²) in [5.74, 6) is -0.204. The molecular weight excluding hydrogens is 322 g/mol. The number of fused-ring (bicyclic) bond motifs is 1. The summed E-state index contributed by atoms with van der Waals surface area (Å²) in [5.41, 5.74) is 1.58. The van der Waals surface area contributed by atoms with Crippen LogP contribution in [0.3, 0.4) is 0 Å². The van der Waals surface area contributed by atoms with E-state index < -0.39 is 6.03 Å². The number of urea groups is 1. The maximum absolute atomic E-state index is 12.1. The molecule has 2 heterocycles. The zero-order chi connectivity index (χ0) is 15.7. The van der Waals surface area contributed by atoms with Gasteiger partial charge in [-0.05, 0) is 36.6 Å². The minimum Gasteiger partial charge on any atom is -0.492 e. The highest BCUT2D eigenvalue weighted by atomic mass is 35.5. The molecule has 2 amide bonds. The highest BCUT2D eigenvalue weighted by molar-refractivity contribution is 7.17. The van der Waals surface area contributed by atoms with Crippen LogP contribution in [0, 0.1) is 6.92 Å². The van der Waals surface area contributed by atoms with Gasteiger partial charge in [-0.2, -0.15) is 0 Å². The number of carbonyl (C=O) groups is 1. The molecule has 0 radical (unpaired) electrons. The average Bonchev–Trinajstić information content (AvgIpc) is 2.93. The van der Waals surface area contributed by atoms with E-state index in [1.165, 1.54) is 11.3 Å². The van der Waals surface area contributed by atoms with E-state index >= 15 is 0 Å². The zero-order valence-electron chi connectivity index (χ0n) is 11.6. The van der Waals surface area contributed by atoms with Crippen LogP contribution in [-0.4, -0.2) is 16.1 Å². The first kappa shape index (κ1) is 14.6. The molecule has 5 nitrogen and oxygen atoms in total. The number of aromatic nitrogens is 1. The van der Waals surface area contributed by atoms with Gasteiger partial charge in [0.15, 0.2) is 0 Å². The number of amides is 2. The standard InChI is InChI=1S/C15H12ClN3O2S/c1-8-13-11(5-6-22-13)12(14(20)17-8)19-15(21)18-10-4-2-3-9(16)7-10/h2-7H,1H3,(H,17,20)(H2,18,19,21). The van der Waals surface area contributed by atoms with E-state index in [1.54, 1.807) is 24.3 Å². The Bertz CT molecular complexity index is 863. The number of aromatic hydroxyl groups is 1. The Morgan fingerprint density at radius 2 is 2.14 bits per heavy atom. The van der Waals surface area contributed by atoms with Crippen molar-refractivity contribution in [1.29, 1.82) is 0 Å². The van der Waals surface area contributed by atoms with Crippen molar-refractivity contribution in [2.45, 2.75) is 6.92 Å². The number of halogens is 1. The van der Waals surface area contributed by atoms with Crippen LogP contribution in [-0.2, 0) is 0 Å². The molecule has 0 aliphatic heterocycles. The fraction of sp³-hybridized carbons (Fsp3) is 0.0667. The lowest BCUT2D eigenvalue weighted by Gasteiger charge is -2.11. The summed E-state index contributed by atoms with van der Waals surface area (Å²) in [5, 5.41) is 18.5. The summed E-state index contributed by atoms with van der Waals surface area (Å²) in [6.45, 7) is 1.81. The monoisotopic (exact) mass is 333 g/mol. The number of nitrogens with zero attached hydrogens (tertiary/aromatic N) is 1. The normalized spacial score (nSPS) is 10.6. The molecule has 2 aromatic heterocycles. The van der Waals surface area contributed by atoms with Crippen LogP contribution in [0.1, 0.15) is 5.69 Å². The highest BCUT2D eigenvalue weighted by Crippen LogP contribution is 2.35. The molecule has 1 aromatic carbocycles. The zero-order valence-corrected chi connectivity index (χ0v) is 13.1. The molecule has 0 aliphatic rings. The molecule has 0 fully saturated rings. The van der Waals surface area contributed by atoms with Crippen LogP contribution in [0.2, 0.25) is 5.02 Å². The predicted molar refractivity (Wildman–Crippen MR) is 90.1 cm³/mol. The van der Waals surface area contributed by atoms with Crippen molar-refractivity contribution in [1.82, 2.24) is 4.98 Å². The van der Waals surface area contributed by atoms with Gasteiger partial charge in [-0.25, -0.2) is 9.78 Å². The number of rotatable bonds is 2. The summed E-state index contributed by atoms with van der Waals surface area (Å²) < 4.78 is 0.927. The molecule has 0 aliphatic carbocycles. The number of anilines is 2. The van der Waals surface area contributed by atoms with Gasteiger partial charge in [0.25, 0.3) is 0 Å². The smallest absolute Gasteiger partial charge is 0.323 e. The Labute approximate surface area is 135 Å². The van der Waals surface area contributed by atoms with Gasteiger partial charge in [-0.1, -0.05) is 17.7 Å². The molecular formula is C15H12ClN3O2S. The quantitative estimate of drug-likeness (QED) is 0.641. The number of aryl methyl sites for hydroxylation is 1. The first-order valence-corrected chi connectivity index (χ1v) is 7.70. The minimum atomic E-state index is -0.476. The van der Waals surface area contributed by atoms with Crippen molar-refractivity contribution >= 4 is 50.4 Å². The van der Waals surface area contributed by atoms with E-state index in [1.807, 2.05) is 18.4 Å². The fourth-order valence-corrected chi connectivity index (χ4v) is 3.18. The first-order valence-electron chi connectivity index (χ1n) is 6.45. The van der Waals surface area contributed by atoms with Crippen LogP contribution in [0.25, 0.3) is 10.1 Å². The van der Waals surface area contributed by atoms with Gasteiger partial charge in [0.1, 0.15) is 5.69 Å². The van der Waals surface area contributed by atoms with E-state index in [0.29, 0.717) is 16.4 Å². The number of benzene rings is 1. The number of carbonyl (C=O) groups excluding carboxylic acids is 1. The Kier molecular flexibility index (Phi) is 3.87. The lowest BCUT2D eigenvalue weighted by atomic mass is 10.2. The highest BCUT2D eigenvalue weighted by Gasteiger charge is 2.15. The molecule has 22 heavy (non-hydrogen) atoms. The third-order valence-electron chi connectivity index (χ3n) is 3.08. The summed E-state index contributed by atoms with van der Waals surface area (Å²) in [6, 6.07) is 8.17. The van der Waals surface area contributed by atoms with Crippen LogP contribution < -0.4 is 10.6 Å². The van der Waals surface area contributed by atoms with Crippen molar-refractivity contribution in [3.63, 3.8) is 0 Å². The number of hydrogen-bond donors (Lipinski definition) is 3. The van der Waals surface area contributed by atoms with Gasteiger partial charge in [0, 0.05) is 16.1 Å². The largest absolute Gasteiger partial charge is 0.492 e. The lowest BCUT2D eigenvalue weighted by Crippen LogP contribution is -2.19. The fourth-order valence-electron chi connectivity index (χ4n) is 2.14. The van der Waals surface area contributed by atoms with Gasteiger partial charge in [0.05, 0.1) is 10.4 Å². The number of thiophene rings is 1. The molecule has 0 atom stereocenters. The Balaban J connectivity index is 1.87. The number of pyridine rings is 1. The van der Waals surface area contributed by atoms with Crippen molar-refractivity contribution < 1.29 is 9.90 Å². The molecule has 0 saturated heterocycles. The number of nitrogens with one attached hydrogen (secondary N) is 2. The maximum Gasteiger partial charge on any atom is 0.323 e. The molecule has 0 unspecified atom stereocenters. The second-order valence-electron chi connectivity index (χ2n) is 4.65. The SMILES string of the molecule is Cc1nc(O)c(NC(=O)Nc2cccc(Cl)c2)c2ccsc12. The van der Waals surface area contributed by atoms with Crippen LogP contribution >= 0.6 is 22.9 Å². The van der Waals surface area contributed by atoms with Gasteiger partial charge in [0.2, 0.25) is 5.88 Å². The average molecular weight is 334 g/mol. The van der Waals surface area contributed by atoms with Crippen molar-refractivity contribution in [2.24, 2.45) is 0 Å². The molecule has 3 N–H and O–H groups in total. The van der Waals surface area contributed by atoms with Gasteiger partial charge < -0.3 is 15.7 Å². The van der Waals surface area contributed by atoms with E-state index in [2.05, 4.69) is 15.6 Å². The molecule has 112 valence electrons. The summed E-state index contributed by atoms with van der Waals surface area (Å²) in [6.07, 6.45) is 0. The van der Waals surface area contributed by atoms with E-state index in [-0.39, 0.29) is 5.88 Å². The minimum absolute atomic E-state index is 0.204. The topological polar surface area (TPSA) is 74.2 Å². The molecule has 7 heteroatoms. The lowest BCUT2D eigenvalue weighted by molar-refractivity contribution is 0.262. The van der Waals surface area contributed by atoms with Crippen molar-refractivity contribution in [3.05, 3.63) is 46.4 Å². The molecule has 3 rings (SSSR count). The van der Waals surface area contributed by atoms with E-state index in [0.717, 1.165) is 15.8 Å². The number of hydrogen-bond acceptors (Lipinski definition) is 4. The molecule has 0 bridgehead atoms. The predicted octanol–water partition coefficient (Wildman–Crippen LogP) is 4.61. The second kappa shape index (κ2) is 5.82. The van der Waals surface area contributed by atoms with Crippen LogP contribution in [0.4, 0.5) is 16.2 Å². The van der Waals surface area contributed by atoms with Crippen LogP contribution in [0.5, 0.6) is 5.88 Å². The van der Waals surface area contributed by atoms with Gasteiger partial charge >= 0.3 is 6.03 Å². The Morgan fingerprint density at radius 3 is 2.91 bits per heavy atom. The Hall–Kier alpha value is -2.31. The molecule has 0 saturated carbocycles. The van der Waals surface area contributed by atoms with Gasteiger partial charge in [-0.15, -0.1) is 11.3 Å². The van der Waals surface area contributed by atoms with Crippen LogP contribution in [0.15, 0.2) is 35.7 Å². The second-order valence-corrected chi connectivity index (χ2v) is 6.00. The molecule has 0 spiro atoms.